The van der Waals surface area contributed by atoms with Crippen molar-refractivity contribution in [3.63, 3.8) is 0 Å². The summed E-state index contributed by atoms with van der Waals surface area (Å²) in [6.07, 6.45) is 1.94. The van der Waals surface area contributed by atoms with Gasteiger partial charge in [0.15, 0.2) is 5.78 Å². The minimum atomic E-state index is -0.0152. The molecule has 0 fully saturated rings. The van der Waals surface area contributed by atoms with Crippen LogP contribution in [0.2, 0.25) is 0 Å². The second-order valence-electron chi connectivity index (χ2n) is 5.70. The van der Waals surface area contributed by atoms with Crippen molar-refractivity contribution in [1.29, 1.82) is 0 Å². The Bertz CT molecular complexity index is 477. The summed E-state index contributed by atoms with van der Waals surface area (Å²) in [6, 6.07) is 0. The van der Waals surface area contributed by atoms with Crippen molar-refractivity contribution in [2.45, 2.75) is 40.0 Å². The normalized spacial score (nSPS) is 26.5. The lowest BCUT2D eigenvalue weighted by Gasteiger charge is -2.33. The van der Waals surface area contributed by atoms with Gasteiger partial charge in [-0.2, -0.15) is 0 Å². The van der Waals surface area contributed by atoms with Gasteiger partial charge in [0.2, 0.25) is 0 Å². The van der Waals surface area contributed by atoms with Crippen LogP contribution in [0.1, 0.15) is 40.0 Å². The smallest absolute Gasteiger partial charge is 0.161 e. The number of nitrogens with two attached hydrogens (primary N) is 2. The first kappa shape index (κ1) is 11.9. The Labute approximate surface area is 101 Å². The van der Waals surface area contributed by atoms with Crippen molar-refractivity contribution in [1.82, 2.24) is 0 Å². The van der Waals surface area contributed by atoms with Gasteiger partial charge in [-0.1, -0.05) is 13.8 Å². The lowest BCUT2D eigenvalue weighted by atomic mass is 9.74. The van der Waals surface area contributed by atoms with Gasteiger partial charge in [0.1, 0.15) is 5.84 Å². The van der Waals surface area contributed by atoms with Crippen molar-refractivity contribution in [2.75, 3.05) is 0 Å². The number of rotatable bonds is 0. The summed E-state index contributed by atoms with van der Waals surface area (Å²) in [4.78, 5) is 16.5. The topological polar surface area (TPSA) is 81.5 Å². The molecule has 0 spiro atoms. The van der Waals surface area contributed by atoms with E-state index in [1.807, 2.05) is 0 Å². The Kier molecular flexibility index (Phi) is 2.60. The van der Waals surface area contributed by atoms with E-state index in [2.05, 4.69) is 18.8 Å². The Morgan fingerprint density at radius 2 is 2.00 bits per heavy atom. The number of carbonyl (C=O) groups excluding carboxylic acids is 1. The predicted octanol–water partition coefficient (Wildman–Crippen LogP) is 1.62. The molecule has 2 rings (SSSR count). The fourth-order valence-corrected chi connectivity index (χ4v) is 2.45. The van der Waals surface area contributed by atoms with E-state index in [1.165, 1.54) is 0 Å². The van der Waals surface area contributed by atoms with E-state index in [-0.39, 0.29) is 11.2 Å². The van der Waals surface area contributed by atoms with Gasteiger partial charge in [0.05, 0.1) is 5.70 Å². The summed E-state index contributed by atoms with van der Waals surface area (Å²) in [7, 11) is 0. The Balaban J connectivity index is 2.46. The molecule has 0 atom stereocenters. The molecule has 0 saturated heterocycles. The standard InChI is InChI=1S/C13H19N3O/c1-7(14)8-4-9-10(16-12(8)15)5-13(2,3)6-11(9)17/h4-6,14H2,1-3H3,(H2,15,16)/b8-7-. The highest BCUT2D eigenvalue weighted by Gasteiger charge is 2.35. The molecule has 2 aliphatic rings. The van der Waals surface area contributed by atoms with Crippen molar-refractivity contribution in [2.24, 2.45) is 21.9 Å². The second kappa shape index (κ2) is 3.72. The molecule has 1 aliphatic heterocycles. The summed E-state index contributed by atoms with van der Waals surface area (Å²) in [5.41, 5.74) is 14.7. The molecule has 0 saturated carbocycles. The maximum atomic E-state index is 12.1. The average Bonchev–Trinajstić information content (AvgIpc) is 2.13. The van der Waals surface area contributed by atoms with Crippen molar-refractivity contribution < 1.29 is 4.79 Å². The SMILES string of the molecule is C/C(N)=C1\CC2=C(CC(C)(C)CC2=O)N=C1N. The minimum Gasteiger partial charge on any atom is -0.402 e. The number of allylic oxidation sites excluding steroid dienone is 3. The second-order valence-corrected chi connectivity index (χ2v) is 5.70. The van der Waals surface area contributed by atoms with Gasteiger partial charge >= 0.3 is 0 Å². The van der Waals surface area contributed by atoms with E-state index >= 15 is 0 Å². The van der Waals surface area contributed by atoms with Crippen LogP contribution in [-0.2, 0) is 4.79 Å². The summed E-state index contributed by atoms with van der Waals surface area (Å²) in [6.45, 7) is 5.96. The van der Waals surface area contributed by atoms with Gasteiger partial charge in [0.25, 0.3) is 0 Å². The quantitative estimate of drug-likeness (QED) is 0.667. The van der Waals surface area contributed by atoms with Crippen LogP contribution in [0.4, 0.5) is 0 Å². The number of nitrogens with zero attached hydrogens (tertiary/aromatic N) is 1. The first-order valence-corrected chi connectivity index (χ1v) is 5.85. The molecule has 0 aromatic carbocycles. The van der Waals surface area contributed by atoms with E-state index in [1.54, 1.807) is 6.92 Å². The highest BCUT2D eigenvalue weighted by Crippen LogP contribution is 2.41. The van der Waals surface area contributed by atoms with Crippen LogP contribution in [0.5, 0.6) is 0 Å². The van der Waals surface area contributed by atoms with E-state index in [0.29, 0.717) is 24.4 Å². The lowest BCUT2D eigenvalue weighted by molar-refractivity contribution is -0.118. The van der Waals surface area contributed by atoms with Crippen molar-refractivity contribution in [3.8, 4) is 0 Å². The third-order valence-electron chi connectivity index (χ3n) is 3.36. The van der Waals surface area contributed by atoms with Crippen LogP contribution in [0.15, 0.2) is 27.5 Å². The maximum Gasteiger partial charge on any atom is 0.161 e. The van der Waals surface area contributed by atoms with E-state index in [9.17, 15) is 4.79 Å². The minimum absolute atomic E-state index is 0.0152. The fourth-order valence-electron chi connectivity index (χ4n) is 2.45. The van der Waals surface area contributed by atoms with Gasteiger partial charge in [0, 0.05) is 29.7 Å². The first-order chi connectivity index (χ1) is 7.80. The number of amidine groups is 1. The zero-order valence-corrected chi connectivity index (χ0v) is 10.6. The maximum absolute atomic E-state index is 12.1. The monoisotopic (exact) mass is 233 g/mol. The third kappa shape index (κ3) is 2.12. The van der Waals surface area contributed by atoms with Gasteiger partial charge in [-0.05, 0) is 18.8 Å². The average molecular weight is 233 g/mol. The molecule has 0 unspecified atom stereocenters. The summed E-state index contributed by atoms with van der Waals surface area (Å²) < 4.78 is 0. The van der Waals surface area contributed by atoms with Crippen LogP contribution >= 0.6 is 0 Å². The van der Waals surface area contributed by atoms with Gasteiger partial charge in [-0.25, -0.2) is 4.99 Å². The molecular formula is C13H19N3O. The molecule has 0 radical (unpaired) electrons. The highest BCUT2D eigenvalue weighted by molar-refractivity contribution is 6.06. The number of aliphatic imine (C=N–C) groups is 1. The molecule has 4 heteroatoms. The summed E-state index contributed by atoms with van der Waals surface area (Å²) >= 11 is 0. The molecule has 4 N–H and O–H groups in total. The molecule has 17 heavy (non-hydrogen) atoms. The number of ketones is 1. The van der Waals surface area contributed by atoms with Gasteiger partial charge in [-0.15, -0.1) is 0 Å². The largest absolute Gasteiger partial charge is 0.402 e. The lowest BCUT2D eigenvalue weighted by Crippen LogP contribution is -2.31. The molecule has 0 bridgehead atoms. The molecule has 0 aromatic rings. The summed E-state index contributed by atoms with van der Waals surface area (Å²) in [5, 5.41) is 0. The third-order valence-corrected chi connectivity index (χ3v) is 3.36. The zero-order valence-electron chi connectivity index (χ0n) is 10.6. The van der Waals surface area contributed by atoms with Crippen LogP contribution < -0.4 is 11.5 Å². The number of carbonyl (C=O) groups is 1. The van der Waals surface area contributed by atoms with Crippen LogP contribution in [-0.4, -0.2) is 11.6 Å². The molecule has 92 valence electrons. The van der Waals surface area contributed by atoms with Gasteiger partial charge < -0.3 is 11.5 Å². The van der Waals surface area contributed by atoms with E-state index < -0.39 is 0 Å². The van der Waals surface area contributed by atoms with Crippen molar-refractivity contribution >= 4 is 11.6 Å². The molecule has 0 aromatic heterocycles. The summed E-state index contributed by atoms with van der Waals surface area (Å²) in [5.74, 6) is 0.653. The Morgan fingerprint density at radius 3 is 2.59 bits per heavy atom. The molecule has 1 aliphatic carbocycles. The first-order valence-electron chi connectivity index (χ1n) is 5.85. The van der Waals surface area contributed by atoms with E-state index in [0.717, 1.165) is 23.3 Å². The fraction of sp³-hybridized carbons (Fsp3) is 0.538. The number of hydrogen-bond acceptors (Lipinski definition) is 4. The molecule has 4 nitrogen and oxygen atoms in total. The Hall–Kier alpha value is -1.58. The molecule has 1 heterocycles. The number of Topliss-reactive ketones (excluding diaryl/α,β-unsaturated/α-hetero) is 1. The predicted molar refractivity (Wildman–Crippen MR) is 68.2 cm³/mol. The zero-order chi connectivity index (χ0) is 12.8. The highest BCUT2D eigenvalue weighted by atomic mass is 16.1. The number of hydrogen-bond donors (Lipinski definition) is 2. The van der Waals surface area contributed by atoms with Crippen molar-refractivity contribution in [3.05, 3.63) is 22.5 Å². The molecular weight excluding hydrogens is 214 g/mol. The Morgan fingerprint density at radius 1 is 1.35 bits per heavy atom. The van der Waals surface area contributed by atoms with Crippen LogP contribution in [0.3, 0.4) is 0 Å². The van der Waals surface area contributed by atoms with Crippen LogP contribution in [0.25, 0.3) is 0 Å². The molecule has 0 amide bonds. The van der Waals surface area contributed by atoms with Crippen LogP contribution in [0, 0.1) is 5.41 Å². The van der Waals surface area contributed by atoms with E-state index in [4.69, 9.17) is 11.5 Å². The van der Waals surface area contributed by atoms with Gasteiger partial charge in [-0.3, -0.25) is 4.79 Å².